The van der Waals surface area contributed by atoms with Crippen molar-refractivity contribution in [2.24, 2.45) is 16.5 Å². The van der Waals surface area contributed by atoms with Crippen LogP contribution in [0, 0.1) is 0 Å². The first-order valence-corrected chi connectivity index (χ1v) is 6.38. The summed E-state index contributed by atoms with van der Waals surface area (Å²) in [5.41, 5.74) is 12.2. The van der Waals surface area contributed by atoms with Crippen molar-refractivity contribution in [1.82, 2.24) is 10.2 Å². The maximum absolute atomic E-state index is 5.94. The summed E-state index contributed by atoms with van der Waals surface area (Å²) >= 11 is 5.94. The van der Waals surface area contributed by atoms with Crippen LogP contribution in [-0.2, 0) is 0 Å². The molecular formula is C12H16ClN7. The molecule has 0 unspecified atom stereocenters. The second-order valence-electron chi connectivity index (χ2n) is 4.03. The van der Waals surface area contributed by atoms with Gasteiger partial charge in [0.15, 0.2) is 5.96 Å². The predicted octanol–water partition coefficient (Wildman–Crippen LogP) is 1.49. The zero-order valence-electron chi connectivity index (χ0n) is 10.7. The molecular weight excluding hydrogens is 278 g/mol. The van der Waals surface area contributed by atoms with Crippen LogP contribution in [0.2, 0.25) is 5.02 Å². The Labute approximate surface area is 121 Å². The lowest BCUT2D eigenvalue weighted by atomic mass is 10.3. The Kier molecular flexibility index (Phi) is 4.67. The molecule has 0 fully saturated rings. The standard InChI is InChI=1S/C12H16ClN7/c13-8-2-1-3-9(6-8)19-10-7-18-20-11(10)16-4-5-17-12(14)15/h1-3,6-7,19H,4-5H2,(H4,14,15,17)(H2,16,18,20). The van der Waals surface area contributed by atoms with Gasteiger partial charge in [0.2, 0.25) is 0 Å². The maximum atomic E-state index is 5.94. The molecule has 0 aliphatic rings. The molecule has 0 amide bonds. The Morgan fingerprint density at radius 2 is 2.25 bits per heavy atom. The lowest BCUT2D eigenvalue weighted by Gasteiger charge is -2.08. The molecule has 1 aromatic heterocycles. The minimum absolute atomic E-state index is 0.0775. The van der Waals surface area contributed by atoms with Crippen molar-refractivity contribution in [3.05, 3.63) is 35.5 Å². The third-order valence-electron chi connectivity index (χ3n) is 2.45. The number of rotatable bonds is 6. The van der Waals surface area contributed by atoms with E-state index in [1.54, 1.807) is 6.20 Å². The molecule has 0 aliphatic heterocycles. The zero-order valence-corrected chi connectivity index (χ0v) is 11.5. The molecule has 2 aromatic rings. The largest absolute Gasteiger partial charge is 0.370 e. The van der Waals surface area contributed by atoms with E-state index in [1.165, 1.54) is 0 Å². The minimum atomic E-state index is 0.0775. The van der Waals surface area contributed by atoms with Crippen molar-refractivity contribution in [1.29, 1.82) is 0 Å². The molecule has 106 valence electrons. The summed E-state index contributed by atoms with van der Waals surface area (Å²) in [6, 6.07) is 7.44. The molecule has 0 bridgehead atoms. The fraction of sp³-hybridized carbons (Fsp3) is 0.167. The number of hydrogen-bond donors (Lipinski definition) is 5. The molecule has 0 spiro atoms. The van der Waals surface area contributed by atoms with E-state index in [1.807, 2.05) is 24.3 Å². The van der Waals surface area contributed by atoms with Crippen molar-refractivity contribution in [2.45, 2.75) is 0 Å². The van der Waals surface area contributed by atoms with Gasteiger partial charge in [0.05, 0.1) is 12.7 Å². The Balaban J connectivity index is 1.96. The van der Waals surface area contributed by atoms with E-state index >= 15 is 0 Å². The molecule has 0 atom stereocenters. The number of anilines is 3. The Morgan fingerprint density at radius 1 is 1.40 bits per heavy atom. The van der Waals surface area contributed by atoms with Crippen LogP contribution in [0.3, 0.4) is 0 Å². The van der Waals surface area contributed by atoms with Crippen LogP contribution in [0.4, 0.5) is 17.2 Å². The smallest absolute Gasteiger partial charge is 0.185 e. The summed E-state index contributed by atoms with van der Waals surface area (Å²) in [4.78, 5) is 3.89. The highest BCUT2D eigenvalue weighted by atomic mass is 35.5. The van der Waals surface area contributed by atoms with Crippen molar-refractivity contribution in [3.63, 3.8) is 0 Å². The summed E-state index contributed by atoms with van der Waals surface area (Å²) in [5, 5.41) is 13.9. The third kappa shape index (κ3) is 4.06. The van der Waals surface area contributed by atoms with E-state index < -0.39 is 0 Å². The number of aromatic amines is 1. The second-order valence-corrected chi connectivity index (χ2v) is 4.46. The van der Waals surface area contributed by atoms with E-state index in [4.69, 9.17) is 23.1 Å². The molecule has 0 saturated carbocycles. The molecule has 7 N–H and O–H groups in total. The van der Waals surface area contributed by atoms with Gasteiger partial charge in [-0.15, -0.1) is 0 Å². The number of hydrogen-bond acceptors (Lipinski definition) is 4. The van der Waals surface area contributed by atoms with Crippen LogP contribution in [0.1, 0.15) is 0 Å². The van der Waals surface area contributed by atoms with Gasteiger partial charge < -0.3 is 22.1 Å². The summed E-state index contributed by atoms with van der Waals surface area (Å²) in [5.74, 6) is 0.837. The van der Waals surface area contributed by atoms with Gasteiger partial charge in [-0.25, -0.2) is 0 Å². The number of aliphatic imine (C=N–C) groups is 1. The maximum Gasteiger partial charge on any atom is 0.185 e. The quantitative estimate of drug-likeness (QED) is 0.314. The van der Waals surface area contributed by atoms with E-state index in [2.05, 4.69) is 25.8 Å². The first-order valence-electron chi connectivity index (χ1n) is 6.00. The van der Waals surface area contributed by atoms with E-state index in [0.29, 0.717) is 18.1 Å². The highest BCUT2D eigenvalue weighted by Gasteiger charge is 2.04. The number of guanidine groups is 1. The topological polar surface area (TPSA) is 117 Å². The number of nitrogens with one attached hydrogen (secondary N) is 3. The first-order chi connectivity index (χ1) is 9.65. The highest BCUT2D eigenvalue weighted by molar-refractivity contribution is 6.30. The molecule has 1 heterocycles. The molecule has 0 aliphatic carbocycles. The van der Waals surface area contributed by atoms with Gasteiger partial charge in [-0.05, 0) is 18.2 Å². The fourth-order valence-corrected chi connectivity index (χ4v) is 1.79. The van der Waals surface area contributed by atoms with Crippen molar-refractivity contribution in [3.8, 4) is 0 Å². The fourth-order valence-electron chi connectivity index (χ4n) is 1.60. The molecule has 0 radical (unpaired) electrons. The number of nitrogens with zero attached hydrogens (tertiary/aromatic N) is 2. The average Bonchev–Trinajstić information content (AvgIpc) is 2.82. The Morgan fingerprint density at radius 3 is 3.00 bits per heavy atom. The van der Waals surface area contributed by atoms with Crippen molar-refractivity contribution in [2.75, 3.05) is 23.7 Å². The average molecular weight is 294 g/mol. The SMILES string of the molecule is NC(N)=NCCNc1[nH]ncc1Nc1cccc(Cl)c1. The van der Waals surface area contributed by atoms with Crippen LogP contribution < -0.4 is 22.1 Å². The molecule has 2 rings (SSSR count). The second kappa shape index (κ2) is 6.67. The summed E-state index contributed by atoms with van der Waals surface area (Å²) < 4.78 is 0. The summed E-state index contributed by atoms with van der Waals surface area (Å²) in [6.45, 7) is 1.07. The third-order valence-corrected chi connectivity index (χ3v) is 2.69. The van der Waals surface area contributed by atoms with E-state index in [-0.39, 0.29) is 5.96 Å². The Bertz CT molecular complexity index is 589. The van der Waals surface area contributed by atoms with Crippen LogP contribution >= 0.6 is 11.6 Å². The van der Waals surface area contributed by atoms with Gasteiger partial charge in [-0.2, -0.15) is 5.10 Å². The van der Waals surface area contributed by atoms with E-state index in [0.717, 1.165) is 17.2 Å². The van der Waals surface area contributed by atoms with Gasteiger partial charge >= 0.3 is 0 Å². The zero-order chi connectivity index (χ0) is 14.4. The molecule has 1 aromatic carbocycles. The van der Waals surface area contributed by atoms with Gasteiger partial charge in [0.1, 0.15) is 11.5 Å². The number of benzene rings is 1. The van der Waals surface area contributed by atoms with Crippen molar-refractivity contribution >= 4 is 34.8 Å². The van der Waals surface area contributed by atoms with Crippen LogP contribution in [0.15, 0.2) is 35.5 Å². The van der Waals surface area contributed by atoms with Crippen molar-refractivity contribution < 1.29 is 0 Å². The lowest BCUT2D eigenvalue weighted by molar-refractivity contribution is 0.991. The number of aromatic nitrogens is 2. The molecule has 0 saturated heterocycles. The van der Waals surface area contributed by atoms with E-state index in [9.17, 15) is 0 Å². The molecule has 8 heteroatoms. The van der Waals surface area contributed by atoms with Gasteiger partial charge in [-0.3, -0.25) is 10.1 Å². The molecule has 20 heavy (non-hydrogen) atoms. The minimum Gasteiger partial charge on any atom is -0.370 e. The van der Waals surface area contributed by atoms with Crippen LogP contribution in [0.5, 0.6) is 0 Å². The summed E-state index contributed by atoms with van der Waals surface area (Å²) in [7, 11) is 0. The predicted molar refractivity (Wildman–Crippen MR) is 82.5 cm³/mol. The first kappa shape index (κ1) is 14.0. The van der Waals surface area contributed by atoms with Gasteiger partial charge in [-0.1, -0.05) is 17.7 Å². The number of halogens is 1. The number of nitrogens with two attached hydrogens (primary N) is 2. The Hall–Kier alpha value is -2.41. The van der Waals surface area contributed by atoms with Crippen LogP contribution in [0.25, 0.3) is 0 Å². The summed E-state index contributed by atoms with van der Waals surface area (Å²) in [6.07, 6.45) is 1.68. The van der Waals surface area contributed by atoms with Gasteiger partial charge in [0, 0.05) is 17.3 Å². The van der Waals surface area contributed by atoms with Gasteiger partial charge in [0.25, 0.3) is 0 Å². The monoisotopic (exact) mass is 293 g/mol. The normalized spacial score (nSPS) is 10.1. The van der Waals surface area contributed by atoms with Crippen LogP contribution in [-0.4, -0.2) is 29.2 Å². The molecule has 7 nitrogen and oxygen atoms in total. The highest BCUT2D eigenvalue weighted by Crippen LogP contribution is 2.24. The lowest BCUT2D eigenvalue weighted by Crippen LogP contribution is -2.24. The number of H-pyrrole nitrogens is 1.